The lowest BCUT2D eigenvalue weighted by molar-refractivity contribution is -0.143. The standard InChI is InChI=1S/C34H44O6/c1-20(2)14-15-24-19-34(17-16-21(3)4)30(38)27(29(37)22(5)6)32(39)40-31(34)28(33(24,7)8)25(18-26(35)36)23-12-10-9-11-13-23/h9-14,16,22,24-25,38H,15,17-19H2,1-8H3,(H,35,36). The van der Waals surface area contributed by atoms with Gasteiger partial charge in [0.2, 0.25) is 0 Å². The van der Waals surface area contributed by atoms with E-state index in [9.17, 15) is 24.6 Å². The average molecular weight is 549 g/mol. The van der Waals surface area contributed by atoms with Gasteiger partial charge in [0, 0.05) is 11.8 Å². The number of aliphatic hydroxyl groups excluding tert-OH is 1. The number of allylic oxidation sites excluding steroid dienone is 5. The molecule has 0 fully saturated rings. The molecule has 3 rings (SSSR count). The molecule has 0 radical (unpaired) electrons. The molecule has 6 nitrogen and oxygen atoms in total. The van der Waals surface area contributed by atoms with E-state index in [-0.39, 0.29) is 23.7 Å². The summed E-state index contributed by atoms with van der Waals surface area (Å²) in [4.78, 5) is 39.0. The van der Waals surface area contributed by atoms with Crippen LogP contribution in [0.15, 0.2) is 76.3 Å². The fourth-order valence-electron chi connectivity index (χ4n) is 6.14. The molecule has 0 saturated carbocycles. The minimum Gasteiger partial charge on any atom is -0.510 e. The fourth-order valence-corrected chi connectivity index (χ4v) is 6.14. The molecule has 0 amide bonds. The molecule has 1 aliphatic heterocycles. The van der Waals surface area contributed by atoms with Gasteiger partial charge in [-0.15, -0.1) is 0 Å². The SMILES string of the molecule is CC(C)=CCC1CC2(CC=C(C)C)C(O)=C(C(=O)C(C)C)C(=O)OC2=C(C(CC(=O)O)c2ccccc2)C1(C)C. The lowest BCUT2D eigenvalue weighted by atomic mass is 9.53. The summed E-state index contributed by atoms with van der Waals surface area (Å²) in [5.74, 6) is -3.44. The van der Waals surface area contributed by atoms with E-state index < -0.39 is 40.4 Å². The second-order valence-electron chi connectivity index (χ2n) is 12.6. The van der Waals surface area contributed by atoms with Crippen molar-refractivity contribution in [3.05, 3.63) is 81.9 Å². The molecular formula is C34H44O6. The van der Waals surface area contributed by atoms with Crippen LogP contribution >= 0.6 is 0 Å². The molecule has 1 aliphatic carbocycles. The smallest absolute Gasteiger partial charge is 0.350 e. The number of benzene rings is 1. The first-order valence-electron chi connectivity index (χ1n) is 14.1. The summed E-state index contributed by atoms with van der Waals surface area (Å²) < 4.78 is 6.15. The van der Waals surface area contributed by atoms with E-state index in [2.05, 4.69) is 19.9 Å². The van der Waals surface area contributed by atoms with Gasteiger partial charge in [0.25, 0.3) is 0 Å². The average Bonchev–Trinajstić information content (AvgIpc) is 2.86. The molecule has 0 aromatic heterocycles. The molecule has 2 N–H and O–H groups in total. The number of esters is 1. The number of carboxylic acids is 1. The Hall–Kier alpha value is -3.41. The van der Waals surface area contributed by atoms with Crippen molar-refractivity contribution in [2.75, 3.05) is 0 Å². The molecule has 0 spiro atoms. The lowest BCUT2D eigenvalue weighted by Crippen LogP contribution is -2.48. The highest BCUT2D eigenvalue weighted by Gasteiger charge is 2.58. The van der Waals surface area contributed by atoms with Gasteiger partial charge in [-0.1, -0.05) is 81.3 Å². The van der Waals surface area contributed by atoms with Crippen LogP contribution in [-0.4, -0.2) is 27.9 Å². The highest BCUT2D eigenvalue weighted by molar-refractivity contribution is 6.19. The molecule has 1 aromatic carbocycles. The van der Waals surface area contributed by atoms with Crippen molar-refractivity contribution in [1.82, 2.24) is 0 Å². The summed E-state index contributed by atoms with van der Waals surface area (Å²) in [7, 11) is 0. The van der Waals surface area contributed by atoms with Gasteiger partial charge in [-0.3, -0.25) is 9.59 Å². The molecule has 3 unspecified atom stereocenters. The van der Waals surface area contributed by atoms with Crippen molar-refractivity contribution in [2.45, 2.75) is 87.0 Å². The Kier molecular flexibility index (Phi) is 9.33. The number of carbonyl (C=O) groups excluding carboxylic acids is 2. The summed E-state index contributed by atoms with van der Waals surface area (Å²) >= 11 is 0. The molecule has 0 bridgehead atoms. The van der Waals surface area contributed by atoms with E-state index in [1.807, 2.05) is 64.1 Å². The maximum Gasteiger partial charge on any atom is 0.350 e. The first kappa shape index (κ1) is 31.1. The van der Waals surface area contributed by atoms with Gasteiger partial charge in [0.05, 0.1) is 11.8 Å². The van der Waals surface area contributed by atoms with E-state index in [0.717, 1.165) is 16.7 Å². The van der Waals surface area contributed by atoms with Crippen LogP contribution in [0, 0.1) is 22.7 Å². The van der Waals surface area contributed by atoms with Gasteiger partial charge in [-0.25, -0.2) is 4.79 Å². The quantitative estimate of drug-likeness (QED) is 0.175. The minimum absolute atomic E-state index is 0.0407. The van der Waals surface area contributed by atoms with E-state index in [1.54, 1.807) is 13.8 Å². The van der Waals surface area contributed by atoms with Crippen molar-refractivity contribution in [2.24, 2.45) is 22.7 Å². The first-order chi connectivity index (χ1) is 18.6. The summed E-state index contributed by atoms with van der Waals surface area (Å²) in [5.41, 5.74) is 1.60. The lowest BCUT2D eigenvalue weighted by Gasteiger charge is -2.53. The number of hydrogen-bond donors (Lipinski definition) is 2. The molecule has 0 saturated heterocycles. The Balaban J connectivity index is 2.50. The monoisotopic (exact) mass is 548 g/mol. The molecule has 40 heavy (non-hydrogen) atoms. The molecule has 2 aliphatic rings. The molecule has 1 heterocycles. The van der Waals surface area contributed by atoms with Gasteiger partial charge < -0.3 is 14.9 Å². The Labute approximate surface area is 238 Å². The van der Waals surface area contributed by atoms with Gasteiger partial charge >= 0.3 is 11.9 Å². The molecular weight excluding hydrogens is 504 g/mol. The largest absolute Gasteiger partial charge is 0.510 e. The van der Waals surface area contributed by atoms with Crippen LogP contribution in [0.5, 0.6) is 0 Å². The van der Waals surface area contributed by atoms with Crippen LogP contribution in [0.4, 0.5) is 0 Å². The van der Waals surface area contributed by atoms with Crippen molar-refractivity contribution < 1.29 is 29.3 Å². The third-order valence-corrected chi connectivity index (χ3v) is 8.45. The first-order valence-corrected chi connectivity index (χ1v) is 14.1. The molecule has 216 valence electrons. The highest BCUT2D eigenvalue weighted by atomic mass is 16.5. The van der Waals surface area contributed by atoms with E-state index >= 15 is 0 Å². The zero-order valence-electron chi connectivity index (χ0n) is 25.1. The minimum atomic E-state index is -1.18. The van der Waals surface area contributed by atoms with Gasteiger partial charge in [-0.05, 0) is 69.4 Å². The van der Waals surface area contributed by atoms with Crippen molar-refractivity contribution >= 4 is 17.7 Å². The highest BCUT2D eigenvalue weighted by Crippen LogP contribution is 2.63. The van der Waals surface area contributed by atoms with Crippen LogP contribution in [0.2, 0.25) is 0 Å². The summed E-state index contributed by atoms with van der Waals surface area (Å²) in [6, 6.07) is 9.39. The fraction of sp³-hybridized carbons (Fsp3) is 0.500. The van der Waals surface area contributed by atoms with E-state index in [0.29, 0.717) is 30.6 Å². The molecule has 3 atom stereocenters. The Morgan fingerprint density at radius 2 is 1.65 bits per heavy atom. The number of carboxylic acid groups (broad SMARTS) is 1. The predicted molar refractivity (Wildman–Crippen MR) is 156 cm³/mol. The van der Waals surface area contributed by atoms with Crippen LogP contribution in [0.25, 0.3) is 0 Å². The van der Waals surface area contributed by atoms with Gasteiger partial charge in [0.1, 0.15) is 17.1 Å². The maximum absolute atomic E-state index is 13.5. The van der Waals surface area contributed by atoms with Crippen LogP contribution in [0.1, 0.15) is 92.6 Å². The number of fused-ring (bicyclic) bond motifs is 1. The van der Waals surface area contributed by atoms with E-state index in [1.165, 1.54) is 0 Å². The third kappa shape index (κ3) is 6.01. The maximum atomic E-state index is 13.5. The second-order valence-corrected chi connectivity index (χ2v) is 12.6. The number of carbonyl (C=O) groups is 3. The van der Waals surface area contributed by atoms with Crippen LogP contribution in [-0.2, 0) is 19.1 Å². The Morgan fingerprint density at radius 3 is 2.17 bits per heavy atom. The number of ketones is 1. The van der Waals surface area contributed by atoms with Crippen LogP contribution in [0.3, 0.4) is 0 Å². The number of aliphatic hydroxyl groups is 1. The third-order valence-electron chi connectivity index (χ3n) is 8.45. The molecule has 6 heteroatoms. The number of hydrogen-bond acceptors (Lipinski definition) is 5. The number of aliphatic carboxylic acids is 1. The summed E-state index contributed by atoms with van der Waals surface area (Å²) in [5, 5.41) is 22.0. The van der Waals surface area contributed by atoms with Gasteiger partial charge in [-0.2, -0.15) is 0 Å². The second kappa shape index (κ2) is 12.0. The van der Waals surface area contributed by atoms with Crippen molar-refractivity contribution in [3.8, 4) is 0 Å². The normalized spacial score (nSPS) is 22.8. The van der Waals surface area contributed by atoms with Crippen molar-refractivity contribution in [1.29, 1.82) is 0 Å². The topological polar surface area (TPSA) is 101 Å². The van der Waals surface area contributed by atoms with Crippen molar-refractivity contribution in [3.63, 3.8) is 0 Å². The number of ether oxygens (including phenoxy) is 1. The number of rotatable bonds is 10. The van der Waals surface area contributed by atoms with E-state index in [4.69, 9.17) is 4.74 Å². The number of Topliss-reactive ketones (excluding diaryl/α,β-unsaturated/α-hetero) is 1. The molecule has 1 aromatic rings. The zero-order valence-corrected chi connectivity index (χ0v) is 25.1. The zero-order chi connectivity index (χ0) is 30.0. The summed E-state index contributed by atoms with van der Waals surface area (Å²) in [6.45, 7) is 15.5. The van der Waals surface area contributed by atoms with Gasteiger partial charge in [0.15, 0.2) is 5.78 Å². The Morgan fingerprint density at radius 1 is 1.05 bits per heavy atom. The van der Waals surface area contributed by atoms with Crippen LogP contribution < -0.4 is 0 Å². The predicted octanol–water partition coefficient (Wildman–Crippen LogP) is 7.84. The Bertz CT molecular complexity index is 1280. The summed E-state index contributed by atoms with van der Waals surface area (Å²) in [6.07, 6.45) is 5.39.